The van der Waals surface area contributed by atoms with Crippen molar-refractivity contribution in [1.29, 1.82) is 0 Å². The van der Waals surface area contributed by atoms with Crippen molar-refractivity contribution < 1.29 is 28.3 Å². The van der Waals surface area contributed by atoms with Crippen LogP contribution in [0.4, 0.5) is 10.1 Å². The summed E-state index contributed by atoms with van der Waals surface area (Å²) in [5, 5.41) is 0. The van der Waals surface area contributed by atoms with E-state index in [1.807, 2.05) is 13.8 Å². The van der Waals surface area contributed by atoms with Crippen molar-refractivity contribution >= 4 is 29.2 Å². The van der Waals surface area contributed by atoms with Crippen molar-refractivity contribution in [3.63, 3.8) is 0 Å². The van der Waals surface area contributed by atoms with Crippen LogP contribution in [-0.2, 0) is 20.9 Å². The molecular weight excluding hydrogens is 503 g/mol. The zero-order chi connectivity index (χ0) is 28.6. The zero-order valence-corrected chi connectivity index (χ0v) is 23.2. The van der Waals surface area contributed by atoms with Crippen LogP contribution in [0.25, 0.3) is 0 Å². The molecule has 1 fully saturated rings. The summed E-state index contributed by atoms with van der Waals surface area (Å²) in [6.07, 6.45) is 0. The highest BCUT2D eigenvalue weighted by Crippen LogP contribution is 2.42. The first-order valence-electron chi connectivity index (χ1n) is 13.0. The van der Waals surface area contributed by atoms with Crippen molar-refractivity contribution in [3.8, 4) is 5.75 Å². The van der Waals surface area contributed by atoms with Crippen molar-refractivity contribution in [3.05, 3.63) is 58.9 Å². The fourth-order valence-corrected chi connectivity index (χ4v) is 5.39. The predicted octanol–water partition coefficient (Wildman–Crippen LogP) is 2.68. The highest BCUT2D eigenvalue weighted by molar-refractivity contribution is 6.38. The predicted molar refractivity (Wildman–Crippen MR) is 144 cm³/mol. The quantitative estimate of drug-likeness (QED) is 0.526. The second-order valence-corrected chi connectivity index (χ2v) is 10.6. The minimum Gasteiger partial charge on any atom is -0.496 e. The third-order valence-corrected chi connectivity index (χ3v) is 7.60. The van der Waals surface area contributed by atoms with E-state index in [1.54, 1.807) is 29.2 Å². The van der Waals surface area contributed by atoms with Crippen molar-refractivity contribution in [2.75, 3.05) is 45.7 Å². The molecule has 0 radical (unpaired) electrons. The number of ketones is 1. The Hall–Kier alpha value is -3.79. The van der Waals surface area contributed by atoms with E-state index in [1.165, 1.54) is 50.1 Å². The van der Waals surface area contributed by atoms with Crippen LogP contribution in [0, 0.1) is 5.82 Å². The van der Waals surface area contributed by atoms with Gasteiger partial charge in [0.25, 0.3) is 11.8 Å². The molecule has 3 amide bonds. The maximum atomic E-state index is 13.9. The summed E-state index contributed by atoms with van der Waals surface area (Å²) in [5.74, 6) is -2.68. The summed E-state index contributed by atoms with van der Waals surface area (Å²) < 4.78 is 18.9. The number of nitrogens with zero attached hydrogens (tertiary/aromatic N) is 4. The molecule has 39 heavy (non-hydrogen) atoms. The number of amides is 3. The molecule has 0 spiro atoms. The molecule has 2 aliphatic rings. The fourth-order valence-electron chi connectivity index (χ4n) is 5.39. The Bertz CT molecular complexity index is 1300. The topological polar surface area (TPSA) is 90.5 Å². The van der Waals surface area contributed by atoms with Gasteiger partial charge < -0.3 is 19.4 Å². The van der Waals surface area contributed by atoms with Gasteiger partial charge in [-0.15, -0.1) is 0 Å². The third kappa shape index (κ3) is 5.52. The van der Waals surface area contributed by atoms with E-state index in [-0.39, 0.29) is 41.8 Å². The first kappa shape index (κ1) is 28.2. The van der Waals surface area contributed by atoms with Crippen LogP contribution < -0.4 is 9.64 Å². The number of hydrogen-bond donors (Lipinski definition) is 0. The summed E-state index contributed by atoms with van der Waals surface area (Å²) in [7, 11) is 4.45. The highest BCUT2D eigenvalue weighted by atomic mass is 19.1. The molecule has 0 aliphatic carbocycles. The Morgan fingerprint density at radius 1 is 1.00 bits per heavy atom. The number of anilines is 1. The Morgan fingerprint density at radius 3 is 2.26 bits per heavy atom. The van der Waals surface area contributed by atoms with E-state index in [0.29, 0.717) is 36.6 Å². The lowest BCUT2D eigenvalue weighted by molar-refractivity contribution is -0.143. The maximum absolute atomic E-state index is 13.9. The number of likely N-dealkylation sites (N-methyl/N-ethyl adjacent to an activating group) is 1. The standard InChI is InChI=1S/C29H35FN4O5/c1-17-14-33(18(2)13-32(17)15-20-7-9-21(30)10-8-20)28(37)23-11-22-24(27(36)29(38)31(4)5)16-34(19(3)35)25(22)12-26(23)39-6/h7-12,17-18,24H,13-16H2,1-6H3/t17-,18+,24?/m0/s1. The van der Waals surface area contributed by atoms with Gasteiger partial charge in [-0.1, -0.05) is 12.1 Å². The molecule has 2 aliphatic heterocycles. The summed E-state index contributed by atoms with van der Waals surface area (Å²) in [6, 6.07) is 9.54. The van der Waals surface area contributed by atoms with Crippen LogP contribution in [0.2, 0.25) is 0 Å². The van der Waals surface area contributed by atoms with Gasteiger partial charge in [0.1, 0.15) is 11.6 Å². The summed E-state index contributed by atoms with van der Waals surface area (Å²) in [6.45, 7) is 7.16. The normalized spacial score (nSPS) is 20.9. The second-order valence-electron chi connectivity index (χ2n) is 10.6. The number of piperazine rings is 1. The average Bonchev–Trinajstić information content (AvgIpc) is 3.28. The van der Waals surface area contributed by atoms with Crippen LogP contribution in [-0.4, -0.2) is 91.1 Å². The molecule has 1 saturated heterocycles. The van der Waals surface area contributed by atoms with Crippen molar-refractivity contribution in [2.24, 2.45) is 0 Å². The number of rotatable bonds is 6. The molecule has 4 rings (SSSR count). The molecule has 10 heteroatoms. The number of carbonyl (C=O) groups excluding carboxylic acids is 4. The molecule has 0 saturated carbocycles. The van der Waals surface area contributed by atoms with Crippen LogP contribution in [0.5, 0.6) is 5.75 Å². The molecular formula is C29H35FN4O5. The summed E-state index contributed by atoms with van der Waals surface area (Å²) >= 11 is 0. The van der Waals surface area contributed by atoms with Gasteiger partial charge in [-0.2, -0.15) is 0 Å². The maximum Gasteiger partial charge on any atom is 0.290 e. The molecule has 0 N–H and O–H groups in total. The first-order chi connectivity index (χ1) is 18.4. The van der Waals surface area contributed by atoms with Crippen LogP contribution in [0.3, 0.4) is 0 Å². The number of Topliss-reactive ketones (excluding diaryl/α,β-unsaturated/α-hetero) is 1. The number of carbonyl (C=O) groups is 4. The SMILES string of the molecule is COc1cc2c(cc1C(=O)N1C[C@H](C)N(Cc3ccc(F)cc3)C[C@H]1C)C(C(=O)C(=O)N(C)C)CN2C(C)=O. The van der Waals surface area contributed by atoms with E-state index in [0.717, 1.165) is 5.56 Å². The Morgan fingerprint density at radius 2 is 1.67 bits per heavy atom. The first-order valence-corrected chi connectivity index (χ1v) is 13.0. The van der Waals surface area contributed by atoms with Gasteiger partial charge in [0, 0.05) is 65.3 Å². The van der Waals surface area contributed by atoms with Crippen molar-refractivity contribution in [2.45, 2.75) is 45.3 Å². The lowest BCUT2D eigenvalue weighted by Crippen LogP contribution is -2.57. The lowest BCUT2D eigenvalue weighted by atomic mass is 9.93. The van der Waals surface area contributed by atoms with Gasteiger partial charge in [0.2, 0.25) is 11.7 Å². The fraction of sp³-hybridized carbons (Fsp3) is 0.448. The molecule has 0 bridgehead atoms. The van der Waals surface area contributed by atoms with Gasteiger partial charge in [0.15, 0.2) is 0 Å². The monoisotopic (exact) mass is 538 g/mol. The minimum absolute atomic E-state index is 0.0272. The van der Waals surface area contributed by atoms with Crippen LogP contribution >= 0.6 is 0 Å². The largest absolute Gasteiger partial charge is 0.496 e. The number of fused-ring (bicyclic) bond motifs is 1. The molecule has 0 aromatic heterocycles. The van der Waals surface area contributed by atoms with E-state index in [9.17, 15) is 23.6 Å². The average molecular weight is 539 g/mol. The van der Waals surface area contributed by atoms with Gasteiger partial charge in [-0.3, -0.25) is 24.1 Å². The number of methoxy groups -OCH3 is 1. The molecule has 2 aromatic rings. The number of ether oxygens (including phenoxy) is 1. The van der Waals surface area contributed by atoms with Gasteiger partial charge in [-0.25, -0.2) is 4.39 Å². The Balaban J connectivity index is 1.63. The Kier molecular flexibility index (Phi) is 8.06. The number of hydrogen-bond acceptors (Lipinski definition) is 6. The van der Waals surface area contributed by atoms with E-state index in [4.69, 9.17) is 4.74 Å². The molecule has 2 aromatic carbocycles. The van der Waals surface area contributed by atoms with Gasteiger partial charge >= 0.3 is 0 Å². The van der Waals surface area contributed by atoms with E-state index in [2.05, 4.69) is 4.90 Å². The summed E-state index contributed by atoms with van der Waals surface area (Å²) in [4.78, 5) is 58.6. The minimum atomic E-state index is -0.875. The molecule has 3 atom stereocenters. The van der Waals surface area contributed by atoms with Crippen molar-refractivity contribution in [1.82, 2.24) is 14.7 Å². The molecule has 1 unspecified atom stereocenters. The van der Waals surface area contributed by atoms with E-state index >= 15 is 0 Å². The zero-order valence-electron chi connectivity index (χ0n) is 23.2. The van der Waals surface area contributed by atoms with Gasteiger partial charge in [-0.05, 0) is 43.2 Å². The third-order valence-electron chi connectivity index (χ3n) is 7.60. The van der Waals surface area contributed by atoms with Crippen LogP contribution in [0.15, 0.2) is 36.4 Å². The van der Waals surface area contributed by atoms with E-state index < -0.39 is 17.6 Å². The number of benzene rings is 2. The second kappa shape index (κ2) is 11.1. The van der Waals surface area contributed by atoms with Crippen LogP contribution in [0.1, 0.15) is 48.2 Å². The number of halogens is 1. The molecule has 9 nitrogen and oxygen atoms in total. The molecule has 2 heterocycles. The van der Waals surface area contributed by atoms with Gasteiger partial charge in [0.05, 0.1) is 24.3 Å². The lowest BCUT2D eigenvalue weighted by Gasteiger charge is -2.44. The smallest absolute Gasteiger partial charge is 0.290 e. The summed E-state index contributed by atoms with van der Waals surface area (Å²) in [5.41, 5.74) is 2.20. The Labute approximate surface area is 228 Å². The molecule has 208 valence electrons. The highest BCUT2D eigenvalue weighted by Gasteiger charge is 2.41.